The maximum atomic E-state index is 12.8. The van der Waals surface area contributed by atoms with Gasteiger partial charge in [-0.3, -0.25) is 4.79 Å². The van der Waals surface area contributed by atoms with Crippen LogP contribution in [0.25, 0.3) is 0 Å². The summed E-state index contributed by atoms with van der Waals surface area (Å²) in [5, 5.41) is 10.6. The maximum Gasteiger partial charge on any atom is 0.417 e. The van der Waals surface area contributed by atoms with Crippen LogP contribution in [0.4, 0.5) is 18.9 Å². The molecule has 20 heavy (non-hydrogen) atoms. The van der Waals surface area contributed by atoms with Crippen molar-refractivity contribution in [2.45, 2.75) is 11.1 Å². The summed E-state index contributed by atoms with van der Waals surface area (Å²) >= 11 is 0.840. The molecule has 8 heteroatoms. The molecular formula is C12H10F3NO3S. The van der Waals surface area contributed by atoms with E-state index in [9.17, 15) is 22.8 Å². The van der Waals surface area contributed by atoms with Crippen molar-refractivity contribution in [3.63, 3.8) is 0 Å². The topological polar surface area (TPSA) is 66.4 Å². The molecule has 0 atom stereocenters. The summed E-state index contributed by atoms with van der Waals surface area (Å²) < 4.78 is 38.4. The van der Waals surface area contributed by atoms with Crippen LogP contribution in [-0.4, -0.2) is 23.2 Å². The van der Waals surface area contributed by atoms with Crippen molar-refractivity contribution in [1.29, 1.82) is 0 Å². The molecular weight excluding hydrogens is 295 g/mol. The lowest BCUT2D eigenvalue weighted by molar-refractivity contribution is -0.139. The third-order valence-corrected chi connectivity index (χ3v) is 3.01. The fourth-order valence-electron chi connectivity index (χ4n) is 1.40. The van der Waals surface area contributed by atoms with Crippen LogP contribution in [0, 0.1) is 0 Å². The van der Waals surface area contributed by atoms with Crippen LogP contribution >= 0.6 is 11.8 Å². The quantitative estimate of drug-likeness (QED) is 0.663. The van der Waals surface area contributed by atoms with E-state index in [0.29, 0.717) is 6.08 Å². The number of rotatable bonds is 4. The van der Waals surface area contributed by atoms with Gasteiger partial charge in [0.15, 0.2) is 0 Å². The number of halogens is 3. The zero-order chi connectivity index (χ0) is 15.3. The van der Waals surface area contributed by atoms with E-state index in [1.807, 2.05) is 0 Å². The van der Waals surface area contributed by atoms with Crippen LogP contribution in [0.2, 0.25) is 0 Å². The lowest BCUT2D eigenvalue weighted by Gasteiger charge is -2.15. The smallest absolute Gasteiger partial charge is 0.417 e. The molecule has 108 valence electrons. The van der Waals surface area contributed by atoms with Gasteiger partial charge in [0.25, 0.3) is 0 Å². The van der Waals surface area contributed by atoms with Crippen molar-refractivity contribution in [1.82, 2.24) is 0 Å². The molecule has 1 amide bonds. The van der Waals surface area contributed by atoms with Gasteiger partial charge < -0.3 is 10.4 Å². The van der Waals surface area contributed by atoms with Crippen LogP contribution < -0.4 is 5.32 Å². The van der Waals surface area contributed by atoms with Crippen molar-refractivity contribution < 1.29 is 27.9 Å². The number of carbonyl (C=O) groups is 2. The predicted molar refractivity (Wildman–Crippen MR) is 68.6 cm³/mol. The summed E-state index contributed by atoms with van der Waals surface area (Å²) in [5.41, 5.74) is -0.877. The number of thioether (sulfide) groups is 1. The Kier molecular flexibility index (Phi) is 5.20. The van der Waals surface area contributed by atoms with E-state index in [0.717, 1.165) is 23.9 Å². The Balaban J connectivity index is 3.08. The largest absolute Gasteiger partial charge is 0.478 e. The van der Waals surface area contributed by atoms with Crippen molar-refractivity contribution in [3.05, 3.63) is 35.9 Å². The van der Waals surface area contributed by atoms with Gasteiger partial charge in [-0.1, -0.05) is 6.07 Å². The highest BCUT2D eigenvalue weighted by Gasteiger charge is 2.34. The molecule has 0 heterocycles. The molecule has 0 unspecified atom stereocenters. The summed E-state index contributed by atoms with van der Waals surface area (Å²) in [6, 6.07) is 3.39. The number of hydrogen-bond acceptors (Lipinski definition) is 3. The van der Waals surface area contributed by atoms with E-state index in [1.54, 1.807) is 0 Å². The fraction of sp³-hybridized carbons (Fsp3) is 0.167. The van der Waals surface area contributed by atoms with E-state index < -0.39 is 23.6 Å². The van der Waals surface area contributed by atoms with Gasteiger partial charge in [-0.25, -0.2) is 4.79 Å². The molecule has 0 saturated carbocycles. The van der Waals surface area contributed by atoms with Gasteiger partial charge in [-0.05, 0) is 18.4 Å². The third-order valence-electron chi connectivity index (χ3n) is 2.16. The van der Waals surface area contributed by atoms with Gasteiger partial charge in [-0.15, -0.1) is 11.8 Å². The molecule has 0 radical (unpaired) electrons. The Labute approximate surface area is 116 Å². The van der Waals surface area contributed by atoms with E-state index >= 15 is 0 Å². The van der Waals surface area contributed by atoms with Gasteiger partial charge in [0.1, 0.15) is 0 Å². The van der Waals surface area contributed by atoms with Gasteiger partial charge in [0, 0.05) is 17.0 Å². The zero-order valence-corrected chi connectivity index (χ0v) is 11.0. The molecule has 4 nitrogen and oxygen atoms in total. The number of benzene rings is 1. The number of anilines is 1. The number of carbonyl (C=O) groups excluding carboxylic acids is 1. The monoisotopic (exact) mass is 305 g/mol. The number of hydrogen-bond donors (Lipinski definition) is 2. The molecule has 0 aromatic heterocycles. The number of carboxylic acid groups (broad SMARTS) is 1. The fourth-order valence-corrected chi connectivity index (χ4v) is 2.14. The van der Waals surface area contributed by atoms with Gasteiger partial charge in [-0.2, -0.15) is 13.2 Å². The highest BCUT2D eigenvalue weighted by atomic mass is 32.2. The highest BCUT2D eigenvalue weighted by Crippen LogP contribution is 2.39. The third kappa shape index (κ3) is 4.30. The summed E-state index contributed by atoms with van der Waals surface area (Å²) in [6.45, 7) is 0. The Morgan fingerprint density at radius 2 is 1.95 bits per heavy atom. The van der Waals surface area contributed by atoms with Crippen LogP contribution in [-0.2, 0) is 15.8 Å². The van der Waals surface area contributed by atoms with Crippen molar-refractivity contribution in [2.75, 3.05) is 11.6 Å². The normalized spacial score (nSPS) is 11.6. The second-order valence-electron chi connectivity index (χ2n) is 3.54. The molecule has 0 aliphatic heterocycles. The summed E-state index contributed by atoms with van der Waals surface area (Å²) in [4.78, 5) is 21.5. The molecule has 0 fully saturated rings. The molecule has 0 aliphatic rings. The lowest BCUT2D eigenvalue weighted by atomic mass is 10.2. The van der Waals surface area contributed by atoms with Crippen LogP contribution in [0.5, 0.6) is 0 Å². The van der Waals surface area contributed by atoms with Gasteiger partial charge in [0.2, 0.25) is 5.91 Å². The molecule has 0 aliphatic carbocycles. The second-order valence-corrected chi connectivity index (χ2v) is 4.36. The SMILES string of the molecule is CSc1c(NC(=O)/C=C/C(=O)O)cccc1C(F)(F)F. The molecule has 1 aromatic rings. The minimum Gasteiger partial charge on any atom is -0.478 e. The van der Waals surface area contributed by atoms with Crippen molar-refractivity contribution >= 4 is 29.3 Å². The zero-order valence-electron chi connectivity index (χ0n) is 10.2. The minimum atomic E-state index is -4.53. The average Bonchev–Trinajstić information content (AvgIpc) is 2.35. The number of amides is 1. The Bertz CT molecular complexity index is 555. The van der Waals surface area contributed by atoms with E-state index in [4.69, 9.17) is 5.11 Å². The average molecular weight is 305 g/mol. The van der Waals surface area contributed by atoms with Crippen molar-refractivity contribution in [3.8, 4) is 0 Å². The van der Waals surface area contributed by atoms with Crippen LogP contribution in [0.1, 0.15) is 5.56 Å². The Morgan fingerprint density at radius 3 is 2.45 bits per heavy atom. The first-order valence-electron chi connectivity index (χ1n) is 5.22. The summed E-state index contributed by atoms with van der Waals surface area (Å²) in [7, 11) is 0. The summed E-state index contributed by atoms with van der Waals surface area (Å²) in [6.07, 6.45) is -1.75. The predicted octanol–water partition coefficient (Wildman–Crippen LogP) is 3.01. The second kappa shape index (κ2) is 6.47. The minimum absolute atomic E-state index is 0.0210. The van der Waals surface area contributed by atoms with Crippen LogP contribution in [0.15, 0.2) is 35.2 Å². The number of carboxylic acids is 1. The van der Waals surface area contributed by atoms with E-state index in [1.165, 1.54) is 18.4 Å². The van der Waals surface area contributed by atoms with Crippen LogP contribution in [0.3, 0.4) is 0 Å². The number of nitrogens with one attached hydrogen (secondary N) is 1. The molecule has 1 rings (SSSR count). The van der Waals surface area contributed by atoms with Gasteiger partial charge >= 0.3 is 12.1 Å². The first-order valence-corrected chi connectivity index (χ1v) is 6.44. The molecule has 0 bridgehead atoms. The number of aliphatic carboxylic acids is 1. The molecule has 1 aromatic carbocycles. The van der Waals surface area contributed by atoms with Gasteiger partial charge in [0.05, 0.1) is 11.3 Å². The molecule has 0 saturated heterocycles. The Hall–Kier alpha value is -1.96. The lowest BCUT2D eigenvalue weighted by Crippen LogP contribution is -2.13. The first kappa shape index (κ1) is 16.1. The van der Waals surface area contributed by atoms with E-state index in [-0.39, 0.29) is 10.6 Å². The maximum absolute atomic E-state index is 12.8. The number of alkyl halides is 3. The van der Waals surface area contributed by atoms with Crippen molar-refractivity contribution in [2.24, 2.45) is 0 Å². The first-order chi connectivity index (χ1) is 9.25. The summed E-state index contributed by atoms with van der Waals surface area (Å²) in [5.74, 6) is -2.14. The van der Waals surface area contributed by atoms with E-state index in [2.05, 4.69) is 5.32 Å². The molecule has 0 spiro atoms. The highest BCUT2D eigenvalue weighted by molar-refractivity contribution is 7.98. The Morgan fingerprint density at radius 1 is 1.30 bits per heavy atom. The standard InChI is InChI=1S/C12H10F3NO3S/c1-20-11-7(12(13,14)15)3-2-4-8(11)16-9(17)5-6-10(18)19/h2-6H,1H3,(H,16,17)(H,18,19)/b6-5+. The molecule has 2 N–H and O–H groups in total.